The predicted octanol–water partition coefficient (Wildman–Crippen LogP) is 1.83. The Morgan fingerprint density at radius 3 is 2.26 bits per heavy atom. The van der Waals surface area contributed by atoms with Gasteiger partial charge in [0.25, 0.3) is 0 Å². The van der Waals surface area contributed by atoms with Gasteiger partial charge in [-0.3, -0.25) is 0 Å². The Balaban J connectivity index is 2.17. The number of carbonyl (C=O) groups excluding carboxylic acids is 2. The van der Waals surface area contributed by atoms with E-state index in [1.807, 2.05) is 24.3 Å². The molecule has 1 aromatic carbocycles. The molecule has 1 N–H and O–H groups in total. The van der Waals surface area contributed by atoms with Gasteiger partial charge in [0.2, 0.25) is 0 Å². The number of carbonyl (C=O) groups is 2. The maximum absolute atomic E-state index is 11.5. The Labute approximate surface area is 119 Å². The second kappa shape index (κ2) is 6.04. The second-order valence-electron chi connectivity index (χ2n) is 4.12. The van der Waals surface area contributed by atoms with E-state index < -0.39 is 15.0 Å². The van der Waals surface area contributed by atoms with Crippen molar-refractivity contribution in [3.63, 3.8) is 0 Å². The molecule has 2 amide bonds. The fraction of sp³-hybridized carbons (Fsp3) is 0.286. The molecule has 19 heavy (non-hydrogen) atoms. The molecule has 0 radical (unpaired) electrons. The van der Waals surface area contributed by atoms with Crippen molar-refractivity contribution >= 4 is 37.4 Å². The summed E-state index contributed by atoms with van der Waals surface area (Å²) in [5.74, 6) is -0.252. The topological polar surface area (TPSA) is 49.4 Å². The third-order valence-electron chi connectivity index (χ3n) is 2.96. The van der Waals surface area contributed by atoms with Crippen molar-refractivity contribution in [3.05, 3.63) is 34.3 Å². The number of hydrogen-bond acceptors (Lipinski definition) is 3. The van der Waals surface area contributed by atoms with Crippen LogP contribution in [0.2, 0.25) is 0 Å². The Morgan fingerprint density at radius 1 is 1.16 bits per heavy atom. The van der Waals surface area contributed by atoms with Crippen molar-refractivity contribution in [2.24, 2.45) is 0 Å². The number of amides is 2. The summed E-state index contributed by atoms with van der Waals surface area (Å²) in [6, 6.07) is 8.04. The van der Waals surface area contributed by atoms with Crippen LogP contribution in [0.5, 0.6) is 0 Å². The molecule has 0 bridgehead atoms. The molecule has 1 heterocycles. The summed E-state index contributed by atoms with van der Waals surface area (Å²) in [4.78, 5) is 24.7. The number of nitrogens with zero attached hydrogens (tertiary/aromatic N) is 1. The van der Waals surface area contributed by atoms with Crippen LogP contribution in [0.4, 0.5) is 10.5 Å². The van der Waals surface area contributed by atoms with Crippen LogP contribution in [0.15, 0.2) is 28.7 Å². The predicted molar refractivity (Wildman–Crippen MR) is 77.3 cm³/mol. The summed E-state index contributed by atoms with van der Waals surface area (Å²) in [5.41, 5.74) is 2.13. The number of benzene rings is 1. The van der Waals surface area contributed by atoms with Gasteiger partial charge < -0.3 is 0 Å². The van der Waals surface area contributed by atoms with Crippen LogP contribution in [-0.2, 0) is 4.79 Å². The normalized spacial score (nSPS) is 16.8. The van der Waals surface area contributed by atoms with E-state index in [1.54, 1.807) is 6.08 Å². The van der Waals surface area contributed by atoms with Gasteiger partial charge in [-0.25, -0.2) is 0 Å². The molecule has 100 valence electrons. The molecule has 1 aromatic rings. The Morgan fingerprint density at radius 2 is 1.79 bits per heavy atom. The van der Waals surface area contributed by atoms with Crippen molar-refractivity contribution in [2.75, 3.05) is 18.0 Å². The zero-order chi connectivity index (χ0) is 13.8. The molecule has 1 fully saturated rings. The van der Waals surface area contributed by atoms with E-state index in [2.05, 4.69) is 24.1 Å². The van der Waals surface area contributed by atoms with Crippen LogP contribution in [0.3, 0.4) is 0 Å². The van der Waals surface area contributed by atoms with E-state index in [-0.39, 0.29) is 10.7 Å². The van der Waals surface area contributed by atoms with Gasteiger partial charge in [0.05, 0.1) is 0 Å². The van der Waals surface area contributed by atoms with Crippen molar-refractivity contribution in [2.45, 2.75) is 13.8 Å². The third-order valence-corrected chi connectivity index (χ3v) is 4.66. The molecule has 0 aliphatic carbocycles. The van der Waals surface area contributed by atoms with Crippen LogP contribution in [0.25, 0.3) is 6.08 Å². The molecule has 1 saturated heterocycles. The molecule has 4 nitrogen and oxygen atoms in total. The number of nitrogens with one attached hydrogen (secondary N) is 1. The molecular formula is C14H16N2O2Se. The van der Waals surface area contributed by atoms with E-state index >= 15 is 0 Å². The van der Waals surface area contributed by atoms with Crippen molar-refractivity contribution in [1.29, 1.82) is 0 Å². The quantitative estimate of drug-likeness (QED) is 0.679. The second-order valence-corrected chi connectivity index (χ2v) is 6.25. The molecule has 5 heteroatoms. The molecular weight excluding hydrogens is 307 g/mol. The molecule has 0 spiro atoms. The monoisotopic (exact) mass is 324 g/mol. The molecule has 0 unspecified atom stereocenters. The summed E-state index contributed by atoms with van der Waals surface area (Å²) < 4.78 is 0.591. The van der Waals surface area contributed by atoms with Gasteiger partial charge in [-0.1, -0.05) is 0 Å². The number of rotatable bonds is 4. The zero-order valence-electron chi connectivity index (χ0n) is 11.0. The average Bonchev–Trinajstić information content (AvgIpc) is 2.71. The zero-order valence-corrected chi connectivity index (χ0v) is 12.7. The minimum absolute atomic E-state index is 0.163. The molecule has 1 aliphatic heterocycles. The number of imide groups is 1. The van der Waals surface area contributed by atoms with Crippen LogP contribution in [0.1, 0.15) is 19.4 Å². The van der Waals surface area contributed by atoms with E-state index in [1.165, 1.54) is 5.69 Å². The van der Waals surface area contributed by atoms with Gasteiger partial charge in [-0.15, -0.1) is 0 Å². The molecule has 0 aromatic heterocycles. The SMILES string of the molecule is CCN(CC)c1ccc(/C=C2/[Se]C(=O)NC2=O)cc1. The maximum atomic E-state index is 11.5. The first kappa shape index (κ1) is 13.8. The Kier molecular flexibility index (Phi) is 4.40. The fourth-order valence-corrected chi connectivity index (χ4v) is 3.37. The summed E-state index contributed by atoms with van der Waals surface area (Å²) in [6.07, 6.45) is 1.80. The van der Waals surface area contributed by atoms with Gasteiger partial charge in [-0.2, -0.15) is 0 Å². The average molecular weight is 323 g/mol. The van der Waals surface area contributed by atoms with E-state index in [0.29, 0.717) is 4.47 Å². The summed E-state index contributed by atoms with van der Waals surface area (Å²) in [6.45, 7) is 6.18. The number of hydrogen-bond donors (Lipinski definition) is 1. The molecule has 2 rings (SSSR count). The van der Waals surface area contributed by atoms with Gasteiger partial charge >= 0.3 is 118 Å². The number of anilines is 1. The molecule has 1 aliphatic rings. The first-order valence-corrected chi connectivity index (χ1v) is 7.95. The minimum atomic E-state index is -0.394. The van der Waals surface area contributed by atoms with Crippen molar-refractivity contribution < 1.29 is 9.59 Å². The van der Waals surface area contributed by atoms with Crippen LogP contribution < -0.4 is 10.2 Å². The first-order valence-electron chi connectivity index (χ1n) is 6.24. The standard InChI is InChI=1S/C14H16N2O2Se/c1-3-16(4-2)11-7-5-10(6-8-11)9-12-13(17)15-14(18)19-12/h5-9H,3-4H2,1-2H3,(H,15,17,18)/b12-9+. The summed E-state index contributed by atoms with van der Waals surface area (Å²) in [7, 11) is 0. The Bertz CT molecular complexity index is 519. The van der Waals surface area contributed by atoms with Crippen molar-refractivity contribution in [3.8, 4) is 0 Å². The van der Waals surface area contributed by atoms with Crippen molar-refractivity contribution in [1.82, 2.24) is 5.32 Å². The molecule has 0 atom stereocenters. The van der Waals surface area contributed by atoms with E-state index in [9.17, 15) is 9.59 Å². The van der Waals surface area contributed by atoms with Crippen LogP contribution in [0, 0.1) is 0 Å². The van der Waals surface area contributed by atoms with Crippen LogP contribution in [-0.4, -0.2) is 38.8 Å². The summed E-state index contributed by atoms with van der Waals surface area (Å²) in [5, 5.41) is 2.31. The van der Waals surface area contributed by atoms with E-state index in [4.69, 9.17) is 0 Å². The summed E-state index contributed by atoms with van der Waals surface area (Å²) >= 11 is -0.394. The Hall–Kier alpha value is -1.58. The van der Waals surface area contributed by atoms with Crippen LogP contribution >= 0.6 is 0 Å². The van der Waals surface area contributed by atoms with Gasteiger partial charge in [0.15, 0.2) is 0 Å². The fourth-order valence-electron chi connectivity index (χ4n) is 1.94. The molecule has 0 saturated carbocycles. The first-order chi connectivity index (χ1) is 9.13. The van der Waals surface area contributed by atoms with Gasteiger partial charge in [-0.05, 0) is 0 Å². The van der Waals surface area contributed by atoms with Gasteiger partial charge in [0, 0.05) is 0 Å². The van der Waals surface area contributed by atoms with Gasteiger partial charge in [0.1, 0.15) is 0 Å². The van der Waals surface area contributed by atoms with E-state index in [0.717, 1.165) is 18.7 Å². The third kappa shape index (κ3) is 3.25.